The van der Waals surface area contributed by atoms with Gasteiger partial charge in [0.25, 0.3) is 0 Å². The van der Waals surface area contributed by atoms with Gasteiger partial charge < -0.3 is 20.3 Å². The summed E-state index contributed by atoms with van der Waals surface area (Å²) in [4.78, 5) is 14.7. The van der Waals surface area contributed by atoms with Crippen LogP contribution in [0.15, 0.2) is 18.2 Å². The van der Waals surface area contributed by atoms with E-state index in [1.165, 1.54) is 25.9 Å². The fraction of sp³-hybridized carbons (Fsp3) is 0.632. The lowest BCUT2D eigenvalue weighted by Gasteiger charge is -2.30. The highest BCUT2D eigenvalue weighted by atomic mass is 35.5. The molecule has 1 atom stereocenters. The standard InChI is InChI=1S/C19H28ClN3O2/c1-14-6-11-23(12-7-14)10-3-9-21-19(24)22-17-8-13-25-18-15(17)4-2-5-16(18)20/h2,4-5,14,17H,3,6-13H2,1H3,(H2,21,22,24)/t17-/m1/s1. The number of benzene rings is 1. The Morgan fingerprint density at radius 3 is 2.92 bits per heavy atom. The highest BCUT2D eigenvalue weighted by molar-refractivity contribution is 6.32. The third kappa shape index (κ3) is 5.02. The number of urea groups is 1. The van der Waals surface area contributed by atoms with Gasteiger partial charge in [0.2, 0.25) is 0 Å². The fourth-order valence-corrected chi connectivity index (χ4v) is 3.77. The van der Waals surface area contributed by atoms with Gasteiger partial charge in [0.1, 0.15) is 5.75 Å². The molecule has 1 aromatic rings. The SMILES string of the molecule is CC1CCN(CCCNC(=O)N[C@@H]2CCOc3c(Cl)cccc32)CC1. The van der Waals surface area contributed by atoms with Crippen LogP contribution in [0.25, 0.3) is 0 Å². The molecule has 6 heteroatoms. The zero-order valence-electron chi connectivity index (χ0n) is 14.9. The van der Waals surface area contributed by atoms with Crippen LogP contribution in [-0.2, 0) is 0 Å². The Morgan fingerprint density at radius 1 is 1.32 bits per heavy atom. The summed E-state index contributed by atoms with van der Waals surface area (Å²) in [6, 6.07) is 5.49. The molecule has 3 rings (SSSR count). The maximum absolute atomic E-state index is 12.2. The van der Waals surface area contributed by atoms with Crippen LogP contribution in [0, 0.1) is 5.92 Å². The predicted octanol–water partition coefficient (Wildman–Crippen LogP) is 3.58. The van der Waals surface area contributed by atoms with Gasteiger partial charge in [-0.2, -0.15) is 0 Å². The molecule has 2 heterocycles. The minimum atomic E-state index is -0.120. The van der Waals surface area contributed by atoms with Crippen molar-refractivity contribution < 1.29 is 9.53 Å². The number of hydrogen-bond acceptors (Lipinski definition) is 3. The lowest BCUT2D eigenvalue weighted by molar-refractivity contribution is 0.189. The Hall–Kier alpha value is -1.46. The Kier molecular flexibility index (Phi) is 6.43. The molecule has 2 aliphatic heterocycles. The van der Waals surface area contributed by atoms with Crippen molar-refractivity contribution in [3.63, 3.8) is 0 Å². The first-order chi connectivity index (χ1) is 12.1. The second kappa shape index (κ2) is 8.77. The maximum atomic E-state index is 12.2. The fourth-order valence-electron chi connectivity index (χ4n) is 3.54. The highest BCUT2D eigenvalue weighted by Crippen LogP contribution is 2.37. The lowest BCUT2D eigenvalue weighted by atomic mass is 9.99. The molecule has 138 valence electrons. The van der Waals surface area contributed by atoms with Crippen LogP contribution >= 0.6 is 11.6 Å². The highest BCUT2D eigenvalue weighted by Gasteiger charge is 2.24. The summed E-state index contributed by atoms with van der Waals surface area (Å²) in [5, 5.41) is 6.61. The van der Waals surface area contributed by atoms with Gasteiger partial charge in [-0.25, -0.2) is 4.79 Å². The first kappa shape index (κ1) is 18.3. The van der Waals surface area contributed by atoms with E-state index in [4.69, 9.17) is 16.3 Å². The number of carbonyl (C=O) groups is 1. The first-order valence-corrected chi connectivity index (χ1v) is 9.69. The molecule has 0 saturated carbocycles. The minimum Gasteiger partial charge on any atom is -0.492 e. The second-order valence-corrected chi connectivity index (χ2v) is 7.53. The molecular formula is C19H28ClN3O2. The first-order valence-electron chi connectivity index (χ1n) is 9.31. The molecule has 2 N–H and O–H groups in total. The lowest BCUT2D eigenvalue weighted by Crippen LogP contribution is -2.41. The van der Waals surface area contributed by atoms with E-state index in [0.29, 0.717) is 23.9 Å². The Morgan fingerprint density at radius 2 is 2.12 bits per heavy atom. The Bertz CT molecular complexity index is 588. The molecule has 2 amide bonds. The van der Waals surface area contributed by atoms with Crippen LogP contribution < -0.4 is 15.4 Å². The van der Waals surface area contributed by atoms with Gasteiger partial charge in [-0.05, 0) is 50.9 Å². The number of hydrogen-bond donors (Lipinski definition) is 2. The van der Waals surface area contributed by atoms with Crippen LogP contribution in [0.1, 0.15) is 44.2 Å². The zero-order valence-corrected chi connectivity index (χ0v) is 15.6. The van der Waals surface area contributed by atoms with Gasteiger partial charge in [-0.3, -0.25) is 0 Å². The van der Waals surface area contributed by atoms with Crippen molar-refractivity contribution in [3.05, 3.63) is 28.8 Å². The quantitative estimate of drug-likeness (QED) is 0.784. The van der Waals surface area contributed by atoms with Crippen LogP contribution in [0.2, 0.25) is 5.02 Å². The number of carbonyl (C=O) groups excluding carboxylic acids is 1. The summed E-state index contributed by atoms with van der Waals surface area (Å²) in [5.41, 5.74) is 0.955. The normalized spacial score (nSPS) is 21.3. The largest absolute Gasteiger partial charge is 0.492 e. The van der Waals surface area contributed by atoms with Crippen molar-refractivity contribution in [2.45, 2.75) is 38.6 Å². The summed E-state index contributed by atoms with van der Waals surface area (Å²) in [6.45, 7) is 7.02. The third-order valence-electron chi connectivity index (χ3n) is 5.14. The number of rotatable bonds is 5. The van der Waals surface area contributed by atoms with Crippen molar-refractivity contribution in [3.8, 4) is 5.75 Å². The molecule has 0 bridgehead atoms. The van der Waals surface area contributed by atoms with E-state index < -0.39 is 0 Å². The summed E-state index contributed by atoms with van der Waals surface area (Å²) >= 11 is 6.17. The van der Waals surface area contributed by atoms with Gasteiger partial charge in [-0.1, -0.05) is 30.7 Å². The molecular weight excluding hydrogens is 338 g/mol. The van der Waals surface area contributed by atoms with E-state index in [0.717, 1.165) is 30.9 Å². The van der Waals surface area contributed by atoms with Gasteiger partial charge >= 0.3 is 6.03 Å². The van der Waals surface area contributed by atoms with Gasteiger partial charge in [0, 0.05) is 18.5 Å². The van der Waals surface area contributed by atoms with Crippen molar-refractivity contribution in [2.75, 3.05) is 32.8 Å². The van der Waals surface area contributed by atoms with Crippen molar-refractivity contribution in [1.29, 1.82) is 0 Å². The number of amides is 2. The van der Waals surface area contributed by atoms with Gasteiger partial charge in [-0.15, -0.1) is 0 Å². The molecule has 0 aromatic heterocycles. The molecule has 0 radical (unpaired) electrons. The smallest absolute Gasteiger partial charge is 0.315 e. The van der Waals surface area contributed by atoms with E-state index in [2.05, 4.69) is 22.5 Å². The van der Waals surface area contributed by atoms with E-state index in [9.17, 15) is 4.79 Å². The topological polar surface area (TPSA) is 53.6 Å². The molecule has 5 nitrogen and oxygen atoms in total. The number of ether oxygens (including phenoxy) is 1. The van der Waals surface area contributed by atoms with Crippen LogP contribution in [-0.4, -0.2) is 43.7 Å². The van der Waals surface area contributed by atoms with Crippen LogP contribution in [0.4, 0.5) is 4.79 Å². The molecule has 1 saturated heterocycles. The van der Waals surface area contributed by atoms with Gasteiger partial charge in [0.05, 0.1) is 17.7 Å². The summed E-state index contributed by atoms with van der Waals surface area (Å²) in [7, 11) is 0. The number of fused-ring (bicyclic) bond motifs is 1. The zero-order chi connectivity index (χ0) is 17.6. The summed E-state index contributed by atoms with van der Waals surface area (Å²) in [6.07, 6.45) is 4.32. The maximum Gasteiger partial charge on any atom is 0.315 e. The number of halogens is 1. The van der Waals surface area contributed by atoms with E-state index in [1.807, 2.05) is 18.2 Å². The third-order valence-corrected chi connectivity index (χ3v) is 5.44. The Balaban J connectivity index is 1.39. The summed E-state index contributed by atoms with van der Waals surface area (Å²) in [5.74, 6) is 1.55. The van der Waals surface area contributed by atoms with Crippen LogP contribution in [0.3, 0.4) is 0 Å². The Labute approximate surface area is 155 Å². The molecule has 25 heavy (non-hydrogen) atoms. The molecule has 1 aromatic carbocycles. The van der Waals surface area contributed by atoms with Crippen LogP contribution in [0.5, 0.6) is 5.75 Å². The van der Waals surface area contributed by atoms with E-state index in [1.54, 1.807) is 0 Å². The number of likely N-dealkylation sites (tertiary alicyclic amines) is 1. The second-order valence-electron chi connectivity index (χ2n) is 7.13. The van der Waals surface area contributed by atoms with Crippen molar-refractivity contribution in [2.24, 2.45) is 5.92 Å². The number of piperidine rings is 1. The molecule has 0 spiro atoms. The van der Waals surface area contributed by atoms with E-state index >= 15 is 0 Å². The monoisotopic (exact) mass is 365 g/mol. The molecule has 0 aliphatic carbocycles. The molecule has 2 aliphatic rings. The molecule has 0 unspecified atom stereocenters. The number of nitrogens with zero attached hydrogens (tertiary/aromatic N) is 1. The average Bonchev–Trinajstić information content (AvgIpc) is 2.61. The number of nitrogens with one attached hydrogen (secondary N) is 2. The number of para-hydroxylation sites is 1. The summed E-state index contributed by atoms with van der Waals surface area (Å²) < 4.78 is 5.63. The van der Waals surface area contributed by atoms with Crippen molar-refractivity contribution >= 4 is 17.6 Å². The average molecular weight is 366 g/mol. The van der Waals surface area contributed by atoms with E-state index in [-0.39, 0.29) is 12.1 Å². The minimum absolute atomic E-state index is 0.0500. The predicted molar refractivity (Wildman–Crippen MR) is 100 cm³/mol. The van der Waals surface area contributed by atoms with Crippen molar-refractivity contribution in [1.82, 2.24) is 15.5 Å². The van der Waals surface area contributed by atoms with Gasteiger partial charge in [0.15, 0.2) is 0 Å². The molecule has 1 fully saturated rings.